The summed E-state index contributed by atoms with van der Waals surface area (Å²) in [6.45, 7) is 0.0911. The molecule has 0 aromatic heterocycles. The molecule has 0 radical (unpaired) electrons. The monoisotopic (exact) mass is 1490 g/mol. The van der Waals surface area contributed by atoms with Gasteiger partial charge in [0.25, 0.3) is 23.6 Å². The molecule has 0 bridgehead atoms. The molecule has 4 amide bonds. The van der Waals surface area contributed by atoms with Gasteiger partial charge in [0.1, 0.15) is 11.5 Å². The number of carbonyl (C=O) groups is 4. The molecular formula is C34H44I6N4O14. The van der Waals surface area contributed by atoms with Gasteiger partial charge in [-0.25, -0.2) is 0 Å². The quantitative estimate of drug-likeness (QED) is 0.0581. The number of amides is 4. The summed E-state index contributed by atoms with van der Waals surface area (Å²) in [7, 11) is 3.06. The predicted molar refractivity (Wildman–Crippen MR) is 261 cm³/mol. The Balaban J connectivity index is 2.93. The molecule has 58 heavy (non-hydrogen) atoms. The van der Waals surface area contributed by atoms with Gasteiger partial charge in [0.05, 0.1) is 77.1 Å². The molecule has 18 nitrogen and oxygen atoms in total. The minimum atomic E-state index is -1.02. The first kappa shape index (κ1) is 54.1. The summed E-state index contributed by atoms with van der Waals surface area (Å²) >= 11 is 11.8. The third kappa shape index (κ3) is 15.1. The van der Waals surface area contributed by atoms with E-state index in [0.29, 0.717) is 32.5 Å². The summed E-state index contributed by atoms with van der Waals surface area (Å²) in [5.41, 5.74) is 0.891. The molecule has 2 rings (SSSR count). The van der Waals surface area contributed by atoms with Gasteiger partial charge in [-0.15, -0.1) is 0 Å². The fourth-order valence-electron chi connectivity index (χ4n) is 4.64. The molecule has 2 aromatic rings. The number of aliphatic hydroxyl groups is 6. The van der Waals surface area contributed by atoms with Crippen LogP contribution in [0.25, 0.3) is 11.1 Å². The molecule has 8 N–H and O–H groups in total. The molecule has 0 fully saturated rings. The number of hydrogen-bond acceptors (Lipinski definition) is 14. The Morgan fingerprint density at radius 3 is 1.16 bits per heavy atom. The zero-order chi connectivity index (χ0) is 44.0. The SMILES string of the molecule is CC(O)OCCN(C)C(=O)COc1c(I)c(C(=O)NC(CO)CO)c(I)c(-c2c(I)c(OCC(=O)N(C)CCOC(C)O)c(I)c(C(=O)NC(CO)CO)c2I)c1I. The fraction of sp³-hybridized carbons (Fsp3) is 0.529. The van der Waals surface area contributed by atoms with Crippen molar-refractivity contribution in [3.05, 3.63) is 32.5 Å². The van der Waals surface area contributed by atoms with E-state index in [2.05, 4.69) is 10.6 Å². The van der Waals surface area contributed by atoms with Crippen molar-refractivity contribution in [3.8, 4) is 22.6 Å². The first-order valence-electron chi connectivity index (χ1n) is 17.1. The van der Waals surface area contributed by atoms with Crippen LogP contribution >= 0.6 is 136 Å². The topological polar surface area (TPSA) is 257 Å². The summed E-state index contributed by atoms with van der Waals surface area (Å²) in [5.74, 6) is -2.01. The highest BCUT2D eigenvalue weighted by Crippen LogP contribution is 2.49. The Morgan fingerprint density at radius 1 is 0.569 bits per heavy atom. The van der Waals surface area contributed by atoms with E-state index in [1.165, 1.54) is 37.7 Å². The van der Waals surface area contributed by atoms with Crippen LogP contribution in [-0.4, -0.2) is 169 Å². The summed E-state index contributed by atoms with van der Waals surface area (Å²) in [6, 6.07) is -2.03. The third-order valence-electron chi connectivity index (χ3n) is 7.91. The van der Waals surface area contributed by atoms with Crippen molar-refractivity contribution < 1.29 is 68.8 Å². The maximum Gasteiger partial charge on any atom is 0.260 e. The summed E-state index contributed by atoms with van der Waals surface area (Å²) in [6.07, 6.45) is -2.04. The molecule has 0 spiro atoms. The Labute approximate surface area is 417 Å². The summed E-state index contributed by atoms with van der Waals surface area (Å²) in [4.78, 5) is 57.0. The zero-order valence-corrected chi connectivity index (χ0v) is 44.4. The lowest BCUT2D eigenvalue weighted by Gasteiger charge is -2.25. The van der Waals surface area contributed by atoms with Crippen LogP contribution < -0.4 is 20.1 Å². The average Bonchev–Trinajstić information content (AvgIpc) is 3.16. The van der Waals surface area contributed by atoms with Crippen LogP contribution in [0, 0.1) is 21.4 Å². The van der Waals surface area contributed by atoms with Crippen LogP contribution in [0.3, 0.4) is 0 Å². The summed E-state index contributed by atoms with van der Waals surface area (Å²) < 4.78 is 24.7. The van der Waals surface area contributed by atoms with Crippen molar-refractivity contribution in [2.45, 2.75) is 38.5 Å². The summed E-state index contributed by atoms with van der Waals surface area (Å²) in [5, 5.41) is 63.2. The standard InChI is InChI=1S/C34H44I6N4O14/c1-15(49)55-7-5-43(3)19(51)13-57-31-27(37)21(25(35)23(29(31)39)33(53)41-17(9-45)10-46)22-26(36)24(34(54)42-18(11-47)12-48)30(40)32(28(22)38)58-14-20(52)44(4)6-8-56-16(2)50/h15-18,45-50H,5-14H2,1-4H3,(H,41,53)(H,42,54). The fourth-order valence-corrected chi connectivity index (χ4v) is 13.7. The zero-order valence-electron chi connectivity index (χ0n) is 31.5. The number of nitrogens with one attached hydrogen (secondary N) is 2. The lowest BCUT2D eigenvalue weighted by atomic mass is 9.99. The third-order valence-corrected chi connectivity index (χ3v) is 14.2. The van der Waals surface area contributed by atoms with Gasteiger partial charge in [0, 0.05) is 45.5 Å². The number of halogens is 6. The maximum absolute atomic E-state index is 14.0. The van der Waals surface area contributed by atoms with Crippen LogP contribution in [0.1, 0.15) is 34.6 Å². The van der Waals surface area contributed by atoms with Crippen molar-refractivity contribution in [2.24, 2.45) is 0 Å². The van der Waals surface area contributed by atoms with E-state index in [1.807, 2.05) is 136 Å². The largest absolute Gasteiger partial charge is 0.481 e. The second-order valence-corrected chi connectivity index (χ2v) is 18.7. The van der Waals surface area contributed by atoms with Crippen molar-refractivity contribution >= 4 is 159 Å². The molecule has 2 aromatic carbocycles. The second-order valence-electron chi connectivity index (χ2n) is 12.3. The highest BCUT2D eigenvalue weighted by atomic mass is 127. The Kier molecular flexibility index (Phi) is 24.8. The van der Waals surface area contributed by atoms with Gasteiger partial charge in [-0.3, -0.25) is 19.2 Å². The van der Waals surface area contributed by atoms with Gasteiger partial charge in [-0.05, 0) is 149 Å². The van der Waals surface area contributed by atoms with Gasteiger partial charge < -0.3 is 70.0 Å². The van der Waals surface area contributed by atoms with Crippen LogP contribution in [0.4, 0.5) is 0 Å². The van der Waals surface area contributed by atoms with E-state index in [0.717, 1.165) is 0 Å². The van der Waals surface area contributed by atoms with Crippen LogP contribution in [-0.2, 0) is 19.1 Å². The average molecular weight is 1490 g/mol. The number of hydrogen-bond donors (Lipinski definition) is 8. The number of benzene rings is 2. The van der Waals surface area contributed by atoms with E-state index in [4.69, 9.17) is 18.9 Å². The number of likely N-dealkylation sites (N-methyl/N-ethyl adjacent to an activating group) is 2. The van der Waals surface area contributed by atoms with Crippen molar-refractivity contribution in [2.75, 3.05) is 80.0 Å². The lowest BCUT2D eigenvalue weighted by molar-refractivity contribution is -0.135. The smallest absolute Gasteiger partial charge is 0.260 e. The Bertz CT molecular complexity index is 1640. The molecule has 2 unspecified atom stereocenters. The van der Waals surface area contributed by atoms with Gasteiger partial charge in [0.15, 0.2) is 25.8 Å². The number of nitrogens with zero attached hydrogens (tertiary/aromatic N) is 2. The van der Waals surface area contributed by atoms with Crippen LogP contribution in [0.5, 0.6) is 11.5 Å². The second kappa shape index (κ2) is 26.6. The first-order chi connectivity index (χ1) is 27.3. The first-order valence-corrected chi connectivity index (χ1v) is 23.5. The molecule has 0 heterocycles. The van der Waals surface area contributed by atoms with Gasteiger partial charge in [-0.2, -0.15) is 0 Å². The van der Waals surface area contributed by atoms with Gasteiger partial charge >= 0.3 is 0 Å². The van der Waals surface area contributed by atoms with Crippen LogP contribution in [0.15, 0.2) is 0 Å². The van der Waals surface area contributed by atoms with Crippen molar-refractivity contribution in [1.82, 2.24) is 20.4 Å². The maximum atomic E-state index is 14.0. The minimum Gasteiger partial charge on any atom is -0.481 e. The van der Waals surface area contributed by atoms with Gasteiger partial charge in [0.2, 0.25) is 0 Å². The highest BCUT2D eigenvalue weighted by Gasteiger charge is 2.34. The molecule has 0 aliphatic carbocycles. The molecular weight excluding hydrogens is 1450 g/mol. The molecule has 0 aliphatic heterocycles. The number of aliphatic hydroxyl groups excluding tert-OH is 6. The van der Waals surface area contributed by atoms with Crippen molar-refractivity contribution in [3.63, 3.8) is 0 Å². The Morgan fingerprint density at radius 2 is 0.879 bits per heavy atom. The molecule has 0 saturated carbocycles. The molecule has 0 saturated heterocycles. The predicted octanol–water partition coefficient (Wildman–Crippen LogP) is 1.53. The lowest BCUT2D eigenvalue weighted by Crippen LogP contribution is -2.41. The van der Waals surface area contributed by atoms with E-state index in [1.54, 1.807) is 0 Å². The molecule has 24 heteroatoms. The number of rotatable bonds is 23. The van der Waals surface area contributed by atoms with E-state index in [9.17, 15) is 49.8 Å². The Hall–Kier alpha value is -0.0200. The molecule has 326 valence electrons. The normalized spacial score (nSPS) is 12.4. The molecule has 2 atom stereocenters. The van der Waals surface area contributed by atoms with E-state index >= 15 is 0 Å². The van der Waals surface area contributed by atoms with E-state index in [-0.39, 0.29) is 48.9 Å². The number of ether oxygens (including phenoxy) is 4. The minimum absolute atomic E-state index is 0.0600. The number of carbonyl (C=O) groups excluding carboxylic acids is 4. The van der Waals surface area contributed by atoms with Gasteiger partial charge in [-0.1, -0.05) is 0 Å². The van der Waals surface area contributed by atoms with Crippen molar-refractivity contribution in [1.29, 1.82) is 0 Å². The van der Waals surface area contributed by atoms with E-state index < -0.39 is 87.9 Å². The van der Waals surface area contributed by atoms with Crippen LogP contribution in [0.2, 0.25) is 0 Å². The highest BCUT2D eigenvalue weighted by molar-refractivity contribution is 14.1. The molecule has 0 aliphatic rings.